The normalized spacial score (nSPS) is 22.5. The maximum atomic E-state index is 13.7. The molecule has 2 bridgehead atoms. The average molecular weight is 499 g/mol. The average Bonchev–Trinajstić information content (AvgIpc) is 3.41. The molecule has 37 heavy (non-hydrogen) atoms. The quantitative estimate of drug-likeness (QED) is 0.261. The van der Waals surface area contributed by atoms with Crippen LogP contribution in [0.3, 0.4) is 0 Å². The van der Waals surface area contributed by atoms with Crippen LogP contribution >= 0.6 is 0 Å². The number of hydrogen-bond donors (Lipinski definition) is 3. The highest BCUT2D eigenvalue weighted by Gasteiger charge is 2.68. The lowest BCUT2D eigenvalue weighted by Gasteiger charge is -2.66. The highest BCUT2D eigenvalue weighted by molar-refractivity contribution is 5.64. The molecule has 3 N–H and O–H groups in total. The number of nitrogens with one attached hydrogen (secondary N) is 3. The van der Waals surface area contributed by atoms with Crippen molar-refractivity contribution in [2.45, 2.75) is 51.9 Å². The van der Waals surface area contributed by atoms with Gasteiger partial charge in [-0.15, -0.1) is 0 Å². The van der Waals surface area contributed by atoms with Gasteiger partial charge in [0.2, 0.25) is 0 Å². The van der Waals surface area contributed by atoms with Crippen LogP contribution in [0.1, 0.15) is 47.5 Å². The SMILES string of the molecule is Cc1ccc(C)n1-c1cncc(/C(=C/NCc2cn3cc(CNCC45CC(F)(C4)C5)ccc3n2)N=N)c1. The molecule has 3 fully saturated rings. The smallest absolute Gasteiger partial charge is 0.137 e. The van der Waals surface area contributed by atoms with E-state index in [2.05, 4.69) is 68.5 Å². The lowest BCUT2D eigenvalue weighted by atomic mass is 9.42. The van der Waals surface area contributed by atoms with Crippen molar-refractivity contribution in [1.29, 1.82) is 5.53 Å². The number of halogens is 1. The van der Waals surface area contributed by atoms with Crippen molar-refractivity contribution in [3.05, 3.63) is 89.5 Å². The Morgan fingerprint density at radius 1 is 1.11 bits per heavy atom. The molecule has 0 aliphatic heterocycles. The standard InChI is InChI=1S/C28H31FN8/c1-19-3-4-20(2)37(19)24-7-22(9-31-11-24)25(35-30)12-32-10-23-14-36-13-21(5-6-26(36)34-23)8-33-18-27-15-28(29,16-27)17-27/h3-7,9,11-14,30,32-33H,8,10,15-18H2,1-2H3/b25-12-,35-30?. The van der Waals surface area contributed by atoms with Gasteiger partial charge in [-0.3, -0.25) is 4.98 Å². The van der Waals surface area contributed by atoms with E-state index in [1.54, 1.807) is 12.4 Å². The molecule has 9 heteroatoms. The van der Waals surface area contributed by atoms with Crippen LogP contribution in [0.25, 0.3) is 17.0 Å². The van der Waals surface area contributed by atoms with Gasteiger partial charge in [0.05, 0.1) is 24.1 Å². The Morgan fingerprint density at radius 3 is 2.62 bits per heavy atom. The number of imidazole rings is 1. The first-order valence-electron chi connectivity index (χ1n) is 12.6. The Kier molecular flexibility index (Phi) is 5.67. The maximum absolute atomic E-state index is 13.7. The summed E-state index contributed by atoms with van der Waals surface area (Å²) in [5.41, 5.74) is 14.4. The Labute approximate surface area is 215 Å². The topological polar surface area (TPSA) is 95.4 Å². The van der Waals surface area contributed by atoms with Crippen molar-refractivity contribution in [3.63, 3.8) is 0 Å². The fourth-order valence-corrected chi connectivity index (χ4v) is 6.00. The Hall–Kier alpha value is -3.85. The number of pyridine rings is 2. The monoisotopic (exact) mass is 498 g/mol. The summed E-state index contributed by atoms with van der Waals surface area (Å²) in [4.78, 5) is 9.06. The van der Waals surface area contributed by atoms with E-state index in [1.807, 2.05) is 28.9 Å². The summed E-state index contributed by atoms with van der Waals surface area (Å²) < 4.78 is 17.9. The van der Waals surface area contributed by atoms with Gasteiger partial charge in [-0.1, -0.05) is 6.07 Å². The Balaban J connectivity index is 1.09. The third-order valence-corrected chi connectivity index (χ3v) is 7.66. The second-order valence-electron chi connectivity index (χ2n) is 10.7. The summed E-state index contributed by atoms with van der Waals surface area (Å²) in [7, 11) is 0. The molecular weight excluding hydrogens is 467 g/mol. The Bertz CT molecular complexity index is 1470. The molecule has 4 heterocycles. The summed E-state index contributed by atoms with van der Waals surface area (Å²) >= 11 is 0. The first-order valence-corrected chi connectivity index (χ1v) is 12.6. The molecule has 0 aromatic carbocycles. The third-order valence-electron chi connectivity index (χ3n) is 7.66. The summed E-state index contributed by atoms with van der Waals surface area (Å²) in [6.45, 7) is 6.26. The molecular formula is C28H31FN8. The van der Waals surface area contributed by atoms with E-state index in [9.17, 15) is 4.39 Å². The number of hydrogen-bond acceptors (Lipinski definition) is 6. The van der Waals surface area contributed by atoms with Crippen LogP contribution in [0.5, 0.6) is 0 Å². The molecule has 4 aromatic heterocycles. The van der Waals surface area contributed by atoms with E-state index in [4.69, 9.17) is 5.53 Å². The van der Waals surface area contributed by atoms with Crippen molar-refractivity contribution in [3.8, 4) is 5.69 Å². The number of rotatable bonds is 10. The minimum Gasteiger partial charge on any atom is -0.383 e. The molecule has 7 rings (SSSR count). The minimum atomic E-state index is -0.839. The van der Waals surface area contributed by atoms with Gasteiger partial charge in [0, 0.05) is 54.8 Å². The zero-order chi connectivity index (χ0) is 25.6. The van der Waals surface area contributed by atoms with Crippen LogP contribution in [-0.2, 0) is 13.1 Å². The van der Waals surface area contributed by atoms with Crippen LogP contribution in [0.4, 0.5) is 4.39 Å². The molecule has 0 unspecified atom stereocenters. The van der Waals surface area contributed by atoms with Gasteiger partial charge in [-0.05, 0) is 68.4 Å². The summed E-state index contributed by atoms with van der Waals surface area (Å²) in [6.07, 6.45) is 11.5. The van der Waals surface area contributed by atoms with E-state index in [-0.39, 0.29) is 5.41 Å². The van der Waals surface area contributed by atoms with E-state index in [0.29, 0.717) is 12.2 Å². The molecule has 0 radical (unpaired) electrons. The van der Waals surface area contributed by atoms with E-state index < -0.39 is 5.67 Å². The first kappa shape index (κ1) is 23.5. The number of nitrogens with zero attached hydrogens (tertiary/aromatic N) is 5. The number of aromatic nitrogens is 4. The predicted molar refractivity (Wildman–Crippen MR) is 140 cm³/mol. The summed E-state index contributed by atoms with van der Waals surface area (Å²) in [6, 6.07) is 10.2. The summed E-state index contributed by atoms with van der Waals surface area (Å²) in [5, 5.41) is 10.5. The van der Waals surface area contributed by atoms with Crippen LogP contribution in [-0.4, -0.2) is 31.1 Å². The summed E-state index contributed by atoms with van der Waals surface area (Å²) in [5.74, 6) is 0. The fourth-order valence-electron chi connectivity index (χ4n) is 6.00. The molecule has 190 valence electrons. The number of fused-ring (bicyclic) bond motifs is 1. The van der Waals surface area contributed by atoms with Crippen LogP contribution < -0.4 is 10.6 Å². The van der Waals surface area contributed by atoms with Crippen LogP contribution in [0.15, 0.2) is 66.4 Å². The highest BCUT2D eigenvalue weighted by Crippen LogP contribution is 2.69. The van der Waals surface area contributed by atoms with E-state index >= 15 is 0 Å². The predicted octanol–water partition coefficient (Wildman–Crippen LogP) is 5.24. The first-order chi connectivity index (χ1) is 17.9. The second kappa shape index (κ2) is 8.92. The van der Waals surface area contributed by atoms with Crippen molar-refractivity contribution in [2.75, 3.05) is 6.54 Å². The van der Waals surface area contributed by atoms with Gasteiger partial charge in [0.25, 0.3) is 0 Å². The zero-order valence-corrected chi connectivity index (χ0v) is 21.1. The molecule has 3 aliphatic carbocycles. The fraction of sp³-hybridized carbons (Fsp3) is 0.357. The van der Waals surface area contributed by atoms with E-state index in [1.165, 1.54) is 5.56 Å². The van der Waals surface area contributed by atoms with E-state index in [0.717, 1.165) is 66.3 Å². The van der Waals surface area contributed by atoms with Crippen molar-refractivity contribution in [2.24, 2.45) is 10.5 Å². The van der Waals surface area contributed by atoms with Crippen molar-refractivity contribution in [1.82, 2.24) is 29.6 Å². The number of alkyl halides is 1. The van der Waals surface area contributed by atoms with Crippen molar-refractivity contribution >= 4 is 11.3 Å². The number of aryl methyl sites for hydroxylation is 2. The molecule has 3 saturated carbocycles. The van der Waals surface area contributed by atoms with Gasteiger partial charge in [0.1, 0.15) is 17.0 Å². The maximum Gasteiger partial charge on any atom is 0.137 e. The van der Waals surface area contributed by atoms with Crippen LogP contribution in [0, 0.1) is 24.8 Å². The lowest BCUT2D eigenvalue weighted by molar-refractivity contribution is -0.209. The van der Waals surface area contributed by atoms with Crippen LogP contribution in [0.2, 0.25) is 0 Å². The zero-order valence-electron chi connectivity index (χ0n) is 21.1. The molecule has 8 nitrogen and oxygen atoms in total. The third kappa shape index (κ3) is 4.44. The minimum absolute atomic E-state index is 0.210. The van der Waals surface area contributed by atoms with Gasteiger partial charge < -0.3 is 19.6 Å². The molecule has 0 spiro atoms. The van der Waals surface area contributed by atoms with Gasteiger partial charge in [-0.25, -0.2) is 14.9 Å². The largest absolute Gasteiger partial charge is 0.383 e. The second-order valence-corrected chi connectivity index (χ2v) is 10.7. The lowest BCUT2D eigenvalue weighted by Crippen LogP contribution is -2.67. The molecule has 3 aliphatic rings. The van der Waals surface area contributed by atoms with Gasteiger partial charge in [0.15, 0.2) is 0 Å². The van der Waals surface area contributed by atoms with Gasteiger partial charge >= 0.3 is 0 Å². The molecule has 0 atom stereocenters. The molecule has 4 aromatic rings. The highest BCUT2D eigenvalue weighted by atomic mass is 19.1. The molecule has 0 amide bonds. The molecule has 0 saturated heterocycles. The van der Waals surface area contributed by atoms with Crippen molar-refractivity contribution < 1.29 is 4.39 Å². The van der Waals surface area contributed by atoms with Gasteiger partial charge in [-0.2, -0.15) is 5.11 Å². The Morgan fingerprint density at radius 2 is 1.89 bits per heavy atom.